The van der Waals surface area contributed by atoms with Crippen LogP contribution in [-0.2, 0) is 11.3 Å². The summed E-state index contributed by atoms with van der Waals surface area (Å²) < 4.78 is 23.8. The van der Waals surface area contributed by atoms with Gasteiger partial charge in [0.25, 0.3) is 0 Å². The van der Waals surface area contributed by atoms with Gasteiger partial charge in [-0.25, -0.2) is 14.2 Å². The minimum atomic E-state index is -0.637. The summed E-state index contributed by atoms with van der Waals surface area (Å²) in [7, 11) is 0. The fourth-order valence-electron chi connectivity index (χ4n) is 2.00. The van der Waals surface area contributed by atoms with Crippen molar-refractivity contribution in [2.75, 3.05) is 5.73 Å². The molecule has 0 fully saturated rings. The molecule has 2 aromatic heterocycles. The maximum atomic E-state index is 13.0. The first-order chi connectivity index (χ1) is 11.0. The van der Waals surface area contributed by atoms with E-state index in [1.54, 1.807) is 6.92 Å². The van der Waals surface area contributed by atoms with Gasteiger partial charge in [0.05, 0.1) is 10.4 Å². The van der Waals surface area contributed by atoms with Crippen molar-refractivity contribution >= 4 is 23.0 Å². The van der Waals surface area contributed by atoms with Crippen molar-refractivity contribution in [2.24, 2.45) is 0 Å². The second-order valence-corrected chi connectivity index (χ2v) is 5.75. The number of nitrogen functional groups attached to an aromatic ring is 1. The number of ether oxygens (including phenoxy) is 1. The molecule has 0 spiro atoms. The molecule has 0 saturated heterocycles. The topological polar surface area (TPSA) is 78.4 Å². The highest BCUT2D eigenvalue weighted by Crippen LogP contribution is 2.26. The monoisotopic (exact) mass is 332 g/mol. The molecule has 5 nitrogen and oxygen atoms in total. The van der Waals surface area contributed by atoms with Crippen molar-refractivity contribution < 1.29 is 18.3 Å². The number of aromatic nitrogens is 1. The number of benzene rings is 1. The Labute approximate surface area is 135 Å². The number of esters is 1. The molecule has 23 heavy (non-hydrogen) atoms. The van der Waals surface area contributed by atoms with E-state index < -0.39 is 11.8 Å². The molecule has 0 radical (unpaired) electrons. The number of halogens is 1. The number of nitrogens with zero attached hydrogens (tertiary/aromatic N) is 1. The Bertz CT molecular complexity index is 843. The number of oxazole rings is 1. The minimum Gasteiger partial charge on any atom is -0.455 e. The van der Waals surface area contributed by atoms with Crippen LogP contribution in [0.1, 0.15) is 21.8 Å². The lowest BCUT2D eigenvalue weighted by Gasteiger charge is -2.05. The third-order valence-electron chi connectivity index (χ3n) is 3.20. The van der Waals surface area contributed by atoms with Crippen LogP contribution in [0.15, 0.2) is 40.1 Å². The number of nitrogens with two attached hydrogens (primary N) is 1. The van der Waals surface area contributed by atoms with Crippen LogP contribution in [0.5, 0.6) is 0 Å². The zero-order valence-corrected chi connectivity index (χ0v) is 13.0. The van der Waals surface area contributed by atoms with E-state index in [2.05, 4.69) is 4.98 Å². The number of carbonyl (C=O) groups excluding carboxylic acids is 1. The third-order valence-corrected chi connectivity index (χ3v) is 4.06. The fraction of sp³-hybridized carbons (Fsp3) is 0.125. The average molecular weight is 332 g/mol. The summed E-state index contributed by atoms with van der Waals surface area (Å²) in [5.74, 6) is -0.0762. The van der Waals surface area contributed by atoms with E-state index in [0.717, 1.165) is 17.0 Å². The molecule has 2 heterocycles. The smallest absolute Gasteiger partial charge is 0.340 e. The van der Waals surface area contributed by atoms with E-state index in [4.69, 9.17) is 14.9 Å². The molecule has 0 saturated carbocycles. The van der Waals surface area contributed by atoms with Crippen molar-refractivity contribution in [1.82, 2.24) is 4.98 Å². The van der Waals surface area contributed by atoms with Gasteiger partial charge >= 0.3 is 5.97 Å². The highest BCUT2D eigenvalue weighted by atomic mass is 32.1. The molecule has 7 heteroatoms. The van der Waals surface area contributed by atoms with Crippen LogP contribution >= 0.6 is 11.3 Å². The maximum absolute atomic E-state index is 13.0. The van der Waals surface area contributed by atoms with Gasteiger partial charge in [0.15, 0.2) is 0 Å². The molecule has 2 N–H and O–H groups in total. The molecule has 0 bridgehead atoms. The van der Waals surface area contributed by atoms with Crippen LogP contribution < -0.4 is 5.73 Å². The quantitative estimate of drug-likeness (QED) is 0.581. The SMILES string of the molecule is Cc1oc(-c2cccs2)nc1COC(=O)c1ccc(F)cc1N. The van der Waals surface area contributed by atoms with E-state index >= 15 is 0 Å². The van der Waals surface area contributed by atoms with E-state index in [1.807, 2.05) is 17.5 Å². The number of aryl methyl sites for hydroxylation is 1. The highest BCUT2D eigenvalue weighted by molar-refractivity contribution is 7.13. The zero-order chi connectivity index (χ0) is 16.4. The Balaban J connectivity index is 1.72. The number of rotatable bonds is 4. The molecule has 118 valence electrons. The van der Waals surface area contributed by atoms with E-state index in [9.17, 15) is 9.18 Å². The number of carbonyl (C=O) groups is 1. The van der Waals surface area contributed by atoms with Crippen LogP contribution in [0.2, 0.25) is 0 Å². The van der Waals surface area contributed by atoms with E-state index in [0.29, 0.717) is 17.3 Å². The van der Waals surface area contributed by atoms with Gasteiger partial charge < -0.3 is 14.9 Å². The van der Waals surface area contributed by atoms with Crippen LogP contribution in [0.3, 0.4) is 0 Å². The lowest BCUT2D eigenvalue weighted by molar-refractivity contribution is 0.0468. The Morgan fingerprint density at radius 1 is 1.43 bits per heavy atom. The van der Waals surface area contributed by atoms with Gasteiger partial charge in [0.2, 0.25) is 5.89 Å². The molecule has 0 atom stereocenters. The van der Waals surface area contributed by atoms with Gasteiger partial charge in [0.1, 0.15) is 23.9 Å². The first kappa shape index (κ1) is 15.2. The molecular weight excluding hydrogens is 319 g/mol. The normalized spacial score (nSPS) is 10.7. The Morgan fingerprint density at radius 2 is 2.26 bits per heavy atom. The number of anilines is 1. The van der Waals surface area contributed by atoms with Crippen LogP contribution in [0, 0.1) is 12.7 Å². The Hall–Kier alpha value is -2.67. The van der Waals surface area contributed by atoms with Gasteiger partial charge in [-0.2, -0.15) is 0 Å². The number of thiophene rings is 1. The zero-order valence-electron chi connectivity index (χ0n) is 12.2. The fourth-order valence-corrected chi connectivity index (χ4v) is 2.65. The second kappa shape index (κ2) is 6.21. The predicted octanol–water partition coefficient (Wildman–Crippen LogP) is 3.79. The molecule has 0 amide bonds. The Morgan fingerprint density at radius 3 is 2.96 bits per heavy atom. The van der Waals surface area contributed by atoms with Crippen molar-refractivity contribution in [2.45, 2.75) is 13.5 Å². The summed E-state index contributed by atoms with van der Waals surface area (Å²) in [6, 6.07) is 7.32. The molecule has 1 aromatic carbocycles. The predicted molar refractivity (Wildman–Crippen MR) is 84.5 cm³/mol. The summed E-state index contributed by atoms with van der Waals surface area (Å²) in [6.07, 6.45) is 0. The second-order valence-electron chi connectivity index (χ2n) is 4.81. The summed E-state index contributed by atoms with van der Waals surface area (Å²) in [6.45, 7) is 1.70. The molecule has 3 rings (SSSR count). The summed E-state index contributed by atoms with van der Waals surface area (Å²) in [5, 5.41) is 1.92. The van der Waals surface area contributed by atoms with Crippen molar-refractivity contribution in [3.8, 4) is 10.8 Å². The minimum absolute atomic E-state index is 0.0335. The summed E-state index contributed by atoms with van der Waals surface area (Å²) >= 11 is 1.51. The largest absolute Gasteiger partial charge is 0.455 e. The molecule has 0 aliphatic rings. The third kappa shape index (κ3) is 3.24. The number of hydrogen-bond acceptors (Lipinski definition) is 6. The summed E-state index contributed by atoms with van der Waals surface area (Å²) in [4.78, 5) is 17.2. The van der Waals surface area contributed by atoms with Gasteiger partial charge in [-0.3, -0.25) is 0 Å². The van der Waals surface area contributed by atoms with Crippen molar-refractivity contribution in [3.63, 3.8) is 0 Å². The Kier molecular flexibility index (Phi) is 4.12. The van der Waals surface area contributed by atoms with Crippen LogP contribution in [-0.4, -0.2) is 11.0 Å². The van der Waals surface area contributed by atoms with Gasteiger partial charge in [-0.05, 0) is 36.6 Å². The van der Waals surface area contributed by atoms with Crippen molar-refractivity contribution in [1.29, 1.82) is 0 Å². The van der Waals surface area contributed by atoms with Crippen LogP contribution in [0.25, 0.3) is 10.8 Å². The van der Waals surface area contributed by atoms with Gasteiger partial charge in [-0.1, -0.05) is 6.07 Å². The standard InChI is InChI=1S/C16H13FN2O3S/c1-9-13(19-15(22-9)14-3-2-6-23-14)8-21-16(20)11-5-4-10(17)7-12(11)18/h2-7H,8,18H2,1H3. The van der Waals surface area contributed by atoms with Gasteiger partial charge in [0, 0.05) is 5.69 Å². The number of hydrogen-bond donors (Lipinski definition) is 1. The summed E-state index contributed by atoms with van der Waals surface area (Å²) in [5.41, 5.74) is 6.30. The first-order valence-corrected chi connectivity index (χ1v) is 7.65. The lowest BCUT2D eigenvalue weighted by atomic mass is 10.2. The van der Waals surface area contributed by atoms with Crippen molar-refractivity contribution in [3.05, 3.63) is 58.5 Å². The van der Waals surface area contributed by atoms with Crippen LogP contribution in [0.4, 0.5) is 10.1 Å². The molecule has 0 aliphatic heterocycles. The maximum Gasteiger partial charge on any atom is 0.340 e. The average Bonchev–Trinajstić information content (AvgIpc) is 3.14. The molecular formula is C16H13FN2O3S. The molecule has 0 aliphatic carbocycles. The first-order valence-electron chi connectivity index (χ1n) is 6.77. The lowest BCUT2D eigenvalue weighted by Crippen LogP contribution is -2.09. The van der Waals surface area contributed by atoms with Gasteiger partial charge in [-0.15, -0.1) is 11.3 Å². The molecule has 3 aromatic rings. The highest BCUT2D eigenvalue weighted by Gasteiger charge is 2.16. The van der Waals surface area contributed by atoms with E-state index in [-0.39, 0.29) is 17.9 Å². The van der Waals surface area contributed by atoms with E-state index in [1.165, 1.54) is 17.4 Å². The molecule has 0 unspecified atom stereocenters.